The maximum absolute atomic E-state index is 10.5. The topological polar surface area (TPSA) is 69.8 Å². The molecule has 0 amide bonds. The van der Waals surface area contributed by atoms with Crippen LogP contribution in [0.25, 0.3) is 0 Å². The van der Waals surface area contributed by atoms with Gasteiger partial charge in [0.15, 0.2) is 5.96 Å². The third kappa shape index (κ3) is 4.88. The summed E-state index contributed by atoms with van der Waals surface area (Å²) >= 11 is 0. The number of hydrogen-bond donors (Lipinski definition) is 3. The van der Waals surface area contributed by atoms with Gasteiger partial charge in [-0.3, -0.25) is 4.99 Å². The minimum absolute atomic E-state index is 0. The van der Waals surface area contributed by atoms with Crippen LogP contribution in [0.1, 0.15) is 51.2 Å². The second kappa shape index (κ2) is 8.56. The average molecular weight is 447 g/mol. The number of guanidine groups is 1. The zero-order chi connectivity index (χ0) is 16.3. The maximum atomic E-state index is 10.5. The Kier molecular flexibility index (Phi) is 6.98. The Morgan fingerprint density at radius 1 is 1.38 bits per heavy atom. The second-order valence-electron chi connectivity index (χ2n) is 7.23. The number of hydrogen-bond acceptors (Lipinski definition) is 3. The van der Waals surface area contributed by atoms with Gasteiger partial charge in [0.05, 0.1) is 12.8 Å². The van der Waals surface area contributed by atoms with E-state index in [4.69, 9.17) is 4.42 Å². The van der Waals surface area contributed by atoms with Crippen molar-refractivity contribution in [2.45, 2.75) is 57.1 Å². The average Bonchev–Trinajstić information content (AvgIpc) is 3.09. The molecule has 0 bridgehead atoms. The summed E-state index contributed by atoms with van der Waals surface area (Å²) in [5.74, 6) is 3.03. The van der Waals surface area contributed by atoms with Gasteiger partial charge in [0, 0.05) is 13.1 Å². The number of rotatable bonds is 5. The highest BCUT2D eigenvalue weighted by atomic mass is 127. The van der Waals surface area contributed by atoms with E-state index in [0.717, 1.165) is 17.8 Å². The highest BCUT2D eigenvalue weighted by Gasteiger charge is 2.43. The van der Waals surface area contributed by atoms with Crippen LogP contribution in [0.15, 0.2) is 27.8 Å². The predicted octanol–water partition coefficient (Wildman–Crippen LogP) is 3.24. The fraction of sp³-hybridized carbons (Fsp3) is 0.722. The Labute approximate surface area is 161 Å². The smallest absolute Gasteiger partial charge is 0.191 e. The van der Waals surface area contributed by atoms with E-state index in [1.165, 1.54) is 38.5 Å². The van der Waals surface area contributed by atoms with Crippen LogP contribution in [0.5, 0.6) is 0 Å². The SMILES string of the molecule is CN=C(NCC(C)(O)c1ccco1)NC1CC1C1CCCCC1.I. The quantitative estimate of drug-likeness (QED) is 0.368. The molecule has 24 heavy (non-hydrogen) atoms. The molecule has 1 aromatic heterocycles. The summed E-state index contributed by atoms with van der Waals surface area (Å²) in [6.07, 6.45) is 9.81. The first-order valence-corrected chi connectivity index (χ1v) is 8.84. The molecule has 0 aromatic carbocycles. The van der Waals surface area contributed by atoms with Gasteiger partial charge in [-0.15, -0.1) is 24.0 Å². The third-order valence-electron chi connectivity index (χ3n) is 5.29. The molecule has 0 spiro atoms. The molecule has 136 valence electrons. The number of nitrogens with one attached hydrogen (secondary N) is 2. The number of furan rings is 1. The molecule has 1 aromatic rings. The third-order valence-corrected chi connectivity index (χ3v) is 5.29. The lowest BCUT2D eigenvalue weighted by molar-refractivity contribution is 0.0385. The van der Waals surface area contributed by atoms with Gasteiger partial charge < -0.3 is 20.2 Å². The Bertz CT molecular complexity index is 524. The predicted molar refractivity (Wildman–Crippen MR) is 107 cm³/mol. The Morgan fingerprint density at radius 2 is 2.12 bits per heavy atom. The molecule has 6 heteroatoms. The fourth-order valence-corrected chi connectivity index (χ4v) is 3.76. The Morgan fingerprint density at radius 3 is 2.75 bits per heavy atom. The molecule has 0 radical (unpaired) electrons. The van der Waals surface area contributed by atoms with Gasteiger partial charge in [0.25, 0.3) is 0 Å². The van der Waals surface area contributed by atoms with Crippen LogP contribution in [0.3, 0.4) is 0 Å². The van der Waals surface area contributed by atoms with Crippen molar-refractivity contribution in [1.29, 1.82) is 0 Å². The lowest BCUT2D eigenvalue weighted by Crippen LogP contribution is -2.45. The van der Waals surface area contributed by atoms with E-state index in [2.05, 4.69) is 15.6 Å². The number of nitrogens with zero attached hydrogens (tertiary/aromatic N) is 1. The molecule has 1 heterocycles. The Hall–Kier alpha value is -0.760. The molecule has 3 atom stereocenters. The molecule has 3 rings (SSSR count). The monoisotopic (exact) mass is 447 g/mol. The zero-order valence-corrected chi connectivity index (χ0v) is 17.0. The molecule has 0 aliphatic heterocycles. The highest BCUT2D eigenvalue weighted by molar-refractivity contribution is 14.0. The van der Waals surface area contributed by atoms with Crippen LogP contribution >= 0.6 is 24.0 Å². The maximum Gasteiger partial charge on any atom is 0.191 e. The molecule has 5 nitrogen and oxygen atoms in total. The van der Waals surface area contributed by atoms with E-state index < -0.39 is 5.60 Å². The van der Waals surface area contributed by atoms with Crippen LogP contribution in [0.2, 0.25) is 0 Å². The number of aliphatic hydroxyl groups is 1. The van der Waals surface area contributed by atoms with Crippen molar-refractivity contribution in [3.8, 4) is 0 Å². The van der Waals surface area contributed by atoms with Crippen molar-refractivity contribution in [3.63, 3.8) is 0 Å². The molecule has 3 N–H and O–H groups in total. The first kappa shape index (κ1) is 19.6. The number of aliphatic imine (C=N–C) groups is 1. The molecule has 0 saturated heterocycles. The Balaban J connectivity index is 0.00000208. The summed E-state index contributed by atoms with van der Waals surface area (Å²) in [5.41, 5.74) is -1.05. The van der Waals surface area contributed by atoms with Crippen molar-refractivity contribution >= 4 is 29.9 Å². The molecule has 2 aliphatic carbocycles. The summed E-state index contributed by atoms with van der Waals surface area (Å²) in [4.78, 5) is 4.28. The van der Waals surface area contributed by atoms with Gasteiger partial charge >= 0.3 is 0 Å². The van der Waals surface area contributed by atoms with Crippen molar-refractivity contribution in [1.82, 2.24) is 10.6 Å². The van der Waals surface area contributed by atoms with E-state index >= 15 is 0 Å². The summed E-state index contributed by atoms with van der Waals surface area (Å²) in [5, 5.41) is 17.2. The van der Waals surface area contributed by atoms with Crippen LogP contribution in [-0.2, 0) is 5.60 Å². The van der Waals surface area contributed by atoms with E-state index in [9.17, 15) is 5.11 Å². The van der Waals surface area contributed by atoms with Crippen molar-refractivity contribution in [2.24, 2.45) is 16.8 Å². The van der Waals surface area contributed by atoms with E-state index in [0.29, 0.717) is 18.3 Å². The standard InChI is InChI=1S/C18H29N3O2.HI/c1-18(22,16-9-6-10-23-16)12-20-17(19-2)21-15-11-14(15)13-7-4-3-5-8-13;/h6,9-10,13-15,22H,3-5,7-8,11-12H2,1-2H3,(H2,19,20,21);1H. The zero-order valence-electron chi connectivity index (χ0n) is 14.6. The van der Waals surface area contributed by atoms with Gasteiger partial charge in [-0.25, -0.2) is 0 Å². The largest absolute Gasteiger partial charge is 0.466 e. The first-order chi connectivity index (χ1) is 11.1. The van der Waals surface area contributed by atoms with Gasteiger partial charge in [-0.05, 0) is 37.3 Å². The van der Waals surface area contributed by atoms with Gasteiger partial charge in [0.2, 0.25) is 0 Å². The fourth-order valence-electron chi connectivity index (χ4n) is 3.76. The van der Waals surface area contributed by atoms with Crippen molar-refractivity contribution in [3.05, 3.63) is 24.2 Å². The second-order valence-corrected chi connectivity index (χ2v) is 7.23. The van der Waals surface area contributed by atoms with Gasteiger partial charge in [-0.2, -0.15) is 0 Å². The normalized spacial score (nSPS) is 27.0. The summed E-state index contributed by atoms with van der Waals surface area (Å²) < 4.78 is 5.30. The van der Waals surface area contributed by atoms with E-state index in [-0.39, 0.29) is 24.0 Å². The molecule has 2 fully saturated rings. The molecule has 3 unspecified atom stereocenters. The lowest BCUT2D eigenvalue weighted by Gasteiger charge is -2.24. The molecular formula is C18H30IN3O2. The highest BCUT2D eigenvalue weighted by Crippen LogP contribution is 2.44. The lowest BCUT2D eigenvalue weighted by atomic mass is 9.85. The first-order valence-electron chi connectivity index (χ1n) is 8.84. The molecule has 2 aliphatic rings. The van der Waals surface area contributed by atoms with Crippen molar-refractivity contribution < 1.29 is 9.52 Å². The molecule has 2 saturated carbocycles. The van der Waals surface area contributed by atoms with Crippen LogP contribution < -0.4 is 10.6 Å². The number of halogens is 1. The van der Waals surface area contributed by atoms with Crippen molar-refractivity contribution in [2.75, 3.05) is 13.6 Å². The van der Waals surface area contributed by atoms with Crippen LogP contribution in [0, 0.1) is 11.8 Å². The summed E-state index contributed by atoms with van der Waals surface area (Å²) in [7, 11) is 1.77. The summed E-state index contributed by atoms with van der Waals surface area (Å²) in [6, 6.07) is 4.12. The van der Waals surface area contributed by atoms with E-state index in [1.54, 1.807) is 32.4 Å². The summed E-state index contributed by atoms with van der Waals surface area (Å²) in [6.45, 7) is 2.11. The van der Waals surface area contributed by atoms with Crippen LogP contribution in [0.4, 0.5) is 0 Å². The van der Waals surface area contributed by atoms with Gasteiger partial charge in [-0.1, -0.05) is 32.1 Å². The minimum atomic E-state index is -1.05. The van der Waals surface area contributed by atoms with Gasteiger partial charge in [0.1, 0.15) is 11.4 Å². The van der Waals surface area contributed by atoms with Crippen LogP contribution in [-0.4, -0.2) is 30.7 Å². The molecular weight excluding hydrogens is 417 g/mol. The minimum Gasteiger partial charge on any atom is -0.466 e. The van der Waals surface area contributed by atoms with E-state index in [1.807, 2.05) is 0 Å².